The summed E-state index contributed by atoms with van der Waals surface area (Å²) in [4.78, 5) is 0. The van der Waals surface area contributed by atoms with E-state index in [-0.39, 0.29) is 52.4 Å². The third kappa shape index (κ3) is 11.3. The van der Waals surface area contributed by atoms with E-state index in [2.05, 4.69) is 27.7 Å². The van der Waals surface area contributed by atoms with E-state index >= 15 is 0 Å². The summed E-state index contributed by atoms with van der Waals surface area (Å²) in [5.41, 5.74) is -0.531. The molecule has 0 aromatic carbocycles. The van der Waals surface area contributed by atoms with Crippen LogP contribution in [0.1, 0.15) is 79.1 Å². The van der Waals surface area contributed by atoms with Crippen molar-refractivity contribution in [2.75, 3.05) is 39.6 Å². The van der Waals surface area contributed by atoms with Gasteiger partial charge in [-0.05, 0) is 85.4 Å². The molecule has 29 heteroatoms. The maximum atomic E-state index is 12.3. The molecule has 4 saturated carbocycles. The van der Waals surface area contributed by atoms with E-state index in [1.165, 1.54) is 0 Å². The van der Waals surface area contributed by atoms with Crippen molar-refractivity contribution in [3.05, 3.63) is 0 Å². The fraction of sp³-hybridized carbons (Fsp3) is 1.00. The van der Waals surface area contributed by atoms with Gasteiger partial charge >= 0.3 is 0 Å². The number of aliphatic hydroxyl groups is 17. The van der Waals surface area contributed by atoms with Gasteiger partial charge in [-0.25, -0.2) is 0 Å². The molecule has 0 aromatic heterocycles. The molecule has 17 N–H and O–H groups in total. The zero-order chi connectivity index (χ0) is 61.1. The van der Waals surface area contributed by atoms with E-state index in [1.54, 1.807) is 0 Å². The van der Waals surface area contributed by atoms with Gasteiger partial charge in [0, 0.05) is 18.3 Å². The Morgan fingerprint density at radius 2 is 1.01 bits per heavy atom. The lowest BCUT2D eigenvalue weighted by molar-refractivity contribution is -0.410. The van der Waals surface area contributed by atoms with Crippen LogP contribution in [0, 0.1) is 52.3 Å². The Balaban J connectivity index is 0.797. The highest BCUT2D eigenvalue weighted by Crippen LogP contribution is 2.71. The van der Waals surface area contributed by atoms with Crippen LogP contribution in [0.3, 0.4) is 0 Å². The van der Waals surface area contributed by atoms with Crippen molar-refractivity contribution in [3.63, 3.8) is 0 Å². The van der Waals surface area contributed by atoms with Gasteiger partial charge in [0.1, 0.15) is 116 Å². The standard InChI is InChI=1S/C56H92O29/c1-19-7-10-56(75-17-19)20(2)31-45(85-56)37(67)32-22-6-5-21-11-26(24(61)12-55(21,4)23(22)8-9-54(31,32)3)76-50-42(72)39(69)44(30(16-60)80-50)81-53-48(47(36(66)29(15-59)79-53)83-49-40(70)33(63)25(62)18-74-49)84-52-43(73)46(35(65)28(14-58)78-52)82-51-41(71)38(68)34(64)27(13-57)77-51/h19-53,57-73H,5-18H2,1-4H3/t19-,20+,21?,22-,23+,24-,25-,26-,27-,28-,29-,30-,31+,32-,33+,34-,35+,36-,37+,38+,39-,40-,41-,42-,43-,44+,45-,46+,47+,48-,49+,50-,51+,52+,53+,54-,55+,56-/m1/s1. The quantitative estimate of drug-likeness (QED) is 0.0719. The number of hydrogen-bond donors (Lipinski definition) is 17. The Morgan fingerprint density at radius 3 is 1.67 bits per heavy atom. The van der Waals surface area contributed by atoms with Crippen LogP contribution in [0.2, 0.25) is 0 Å². The number of fused-ring (bicyclic) bond motifs is 7. The summed E-state index contributed by atoms with van der Waals surface area (Å²) in [6.45, 7) is 5.21. The summed E-state index contributed by atoms with van der Waals surface area (Å²) in [5, 5.41) is 188. The molecule has 0 amide bonds. The van der Waals surface area contributed by atoms with E-state index in [0.29, 0.717) is 25.4 Å². The highest BCUT2D eigenvalue weighted by Gasteiger charge is 2.73. The van der Waals surface area contributed by atoms with E-state index in [1.807, 2.05) is 0 Å². The second-order valence-corrected chi connectivity index (χ2v) is 26.9. The lowest BCUT2D eigenvalue weighted by Crippen LogP contribution is -2.69. The maximum Gasteiger partial charge on any atom is 0.187 e. The van der Waals surface area contributed by atoms with E-state index < -0.39 is 205 Å². The largest absolute Gasteiger partial charge is 0.394 e. The van der Waals surface area contributed by atoms with Crippen LogP contribution in [0.5, 0.6) is 0 Å². The Bertz CT molecular complexity index is 2220. The average Bonchev–Trinajstić information content (AvgIpc) is 1.59. The molecule has 490 valence electrons. The minimum absolute atomic E-state index is 0.00749. The zero-order valence-electron chi connectivity index (χ0n) is 48.1. The minimum Gasteiger partial charge on any atom is -0.394 e. The molecule has 38 atom stereocenters. The van der Waals surface area contributed by atoms with Gasteiger partial charge in [0.15, 0.2) is 37.2 Å². The van der Waals surface area contributed by atoms with Crippen molar-refractivity contribution in [2.45, 2.75) is 257 Å². The smallest absolute Gasteiger partial charge is 0.187 e. The van der Waals surface area contributed by atoms with Crippen molar-refractivity contribution in [1.82, 2.24) is 0 Å². The molecule has 1 spiro atoms. The molecule has 11 rings (SSSR count). The van der Waals surface area contributed by atoms with Gasteiger partial charge in [-0.3, -0.25) is 0 Å². The maximum absolute atomic E-state index is 12.3. The van der Waals surface area contributed by atoms with Crippen LogP contribution in [0.15, 0.2) is 0 Å². The Hall–Kier alpha value is -1.16. The van der Waals surface area contributed by atoms with Gasteiger partial charge in [0.05, 0.1) is 64.1 Å². The predicted molar refractivity (Wildman–Crippen MR) is 278 cm³/mol. The zero-order valence-corrected chi connectivity index (χ0v) is 48.1. The molecule has 4 aliphatic carbocycles. The summed E-state index contributed by atoms with van der Waals surface area (Å²) in [5.74, 6) is 0.388. The van der Waals surface area contributed by atoms with Crippen LogP contribution in [-0.2, 0) is 56.8 Å². The van der Waals surface area contributed by atoms with Gasteiger partial charge < -0.3 is 144 Å². The SMILES string of the molecule is C[C@@H]1CC[C@@]2(OC1)O[C@H]1[C@@H](O)[C@H]3[C@@H]4CCC5C[C@@H](O[C@@H]6O[C@H](CO)[C@H](O[C@@H]7O[C@H](CO)[C@@H](O)[C@H](O[C@@H]8OC[C@@H](O)[C@H](O)[C@H]8O)[C@H]7O[C@@H]7O[C@H](CO)[C@H](O)[C@H](O[C@@H]8O[C@H](CO)[C@@H](O)[C@H](O)[C@H]8O)[C@H]7O)[C@H](O)[C@H]6O)[C@H](O)C[C@]5(C)[C@H]4CC[C@]3(C)[C@H]1[C@@H]2C. The lowest BCUT2D eigenvalue weighted by Gasteiger charge is -2.62. The molecule has 11 aliphatic rings. The first-order valence-electron chi connectivity index (χ1n) is 30.5. The molecule has 0 bridgehead atoms. The summed E-state index contributed by atoms with van der Waals surface area (Å²) < 4.78 is 72.8. The van der Waals surface area contributed by atoms with Crippen molar-refractivity contribution in [1.29, 1.82) is 0 Å². The molecular formula is C56H92O29. The van der Waals surface area contributed by atoms with E-state index in [9.17, 15) is 86.8 Å². The predicted octanol–water partition coefficient (Wildman–Crippen LogP) is -6.50. The Kier molecular flexibility index (Phi) is 19.5. The van der Waals surface area contributed by atoms with Gasteiger partial charge in [0.2, 0.25) is 0 Å². The third-order valence-corrected chi connectivity index (χ3v) is 22.2. The van der Waals surface area contributed by atoms with Crippen LogP contribution in [-0.4, -0.2) is 304 Å². The molecule has 7 saturated heterocycles. The first-order chi connectivity index (χ1) is 40.3. The molecule has 7 aliphatic heterocycles. The molecular weight excluding hydrogens is 1140 g/mol. The summed E-state index contributed by atoms with van der Waals surface area (Å²) in [6.07, 6.45) is -42.5. The van der Waals surface area contributed by atoms with Crippen molar-refractivity contribution in [3.8, 4) is 0 Å². The van der Waals surface area contributed by atoms with Crippen molar-refractivity contribution in [2.24, 2.45) is 52.3 Å². The Labute approximate surface area is 491 Å². The number of hydrogen-bond acceptors (Lipinski definition) is 29. The topological polar surface area (TPSA) is 455 Å². The molecule has 85 heavy (non-hydrogen) atoms. The average molecular weight is 1230 g/mol. The molecule has 29 nitrogen and oxygen atoms in total. The van der Waals surface area contributed by atoms with Gasteiger partial charge in [0.25, 0.3) is 0 Å². The van der Waals surface area contributed by atoms with Crippen LogP contribution < -0.4 is 0 Å². The van der Waals surface area contributed by atoms with Crippen LogP contribution in [0.4, 0.5) is 0 Å². The van der Waals surface area contributed by atoms with Gasteiger partial charge in [-0.15, -0.1) is 0 Å². The third-order valence-electron chi connectivity index (χ3n) is 22.2. The minimum atomic E-state index is -2.21. The van der Waals surface area contributed by atoms with Gasteiger partial charge in [-0.1, -0.05) is 27.7 Å². The Morgan fingerprint density at radius 1 is 0.447 bits per heavy atom. The van der Waals surface area contributed by atoms with E-state index in [0.717, 1.165) is 38.5 Å². The second kappa shape index (κ2) is 25.4. The first-order valence-corrected chi connectivity index (χ1v) is 30.5. The first kappa shape index (κ1) is 65.3. The second-order valence-electron chi connectivity index (χ2n) is 26.9. The fourth-order valence-electron chi connectivity index (χ4n) is 17.4. The van der Waals surface area contributed by atoms with Crippen LogP contribution >= 0.6 is 0 Å². The molecule has 1 unspecified atom stereocenters. The highest BCUT2D eigenvalue weighted by atomic mass is 16.8. The summed E-state index contributed by atoms with van der Waals surface area (Å²) in [6, 6.07) is 0. The van der Waals surface area contributed by atoms with Crippen LogP contribution in [0.25, 0.3) is 0 Å². The molecule has 0 radical (unpaired) electrons. The normalized spacial score (nSPS) is 58.1. The summed E-state index contributed by atoms with van der Waals surface area (Å²) in [7, 11) is 0. The fourth-order valence-corrected chi connectivity index (χ4v) is 17.4. The molecule has 11 fully saturated rings. The number of ether oxygens (including phenoxy) is 12. The highest BCUT2D eigenvalue weighted by molar-refractivity contribution is 5.19. The van der Waals surface area contributed by atoms with Crippen molar-refractivity contribution < 1.29 is 144 Å². The summed E-state index contributed by atoms with van der Waals surface area (Å²) >= 11 is 0. The van der Waals surface area contributed by atoms with Gasteiger partial charge in [-0.2, -0.15) is 0 Å². The number of rotatable bonds is 14. The lowest BCUT2D eigenvalue weighted by atomic mass is 9.44. The molecule has 0 aromatic rings. The monoisotopic (exact) mass is 1230 g/mol. The van der Waals surface area contributed by atoms with Crippen molar-refractivity contribution >= 4 is 0 Å². The van der Waals surface area contributed by atoms with E-state index in [4.69, 9.17) is 56.8 Å². The molecule has 7 heterocycles. The number of aliphatic hydroxyl groups excluding tert-OH is 17.